The zero-order valence-electron chi connectivity index (χ0n) is 14.4. The molecule has 0 aliphatic carbocycles. The van der Waals surface area contributed by atoms with E-state index in [2.05, 4.69) is 27.8 Å². The monoisotopic (exact) mass is 415 g/mol. The number of carbonyl (C=O) groups excluding carboxylic acids is 1. The molecule has 0 spiro atoms. The van der Waals surface area contributed by atoms with Crippen LogP contribution in [0.5, 0.6) is 0 Å². The molecule has 0 bridgehead atoms. The summed E-state index contributed by atoms with van der Waals surface area (Å²) in [4.78, 5) is 25.2. The van der Waals surface area contributed by atoms with Crippen molar-refractivity contribution < 1.29 is 27.9 Å². The van der Waals surface area contributed by atoms with Gasteiger partial charge in [0.05, 0.1) is 11.1 Å². The average Bonchev–Trinajstić information content (AvgIpc) is 3.14. The lowest BCUT2D eigenvalue weighted by molar-refractivity contribution is -0.192. The zero-order chi connectivity index (χ0) is 20.7. The Hall–Kier alpha value is -2.65. The summed E-state index contributed by atoms with van der Waals surface area (Å²) in [6.07, 6.45) is -2.70. The molecule has 10 heteroatoms. The summed E-state index contributed by atoms with van der Waals surface area (Å²) >= 11 is 6.00. The molecule has 1 aliphatic rings. The van der Waals surface area contributed by atoms with Gasteiger partial charge in [-0.15, -0.1) is 0 Å². The number of aliphatic carboxylic acids is 1. The molecule has 28 heavy (non-hydrogen) atoms. The lowest BCUT2D eigenvalue weighted by atomic mass is 9.96. The van der Waals surface area contributed by atoms with E-state index in [1.807, 2.05) is 18.2 Å². The number of hydrogen-bond donors (Lipinski definition) is 3. The molecular weight excluding hydrogens is 399 g/mol. The maximum Gasteiger partial charge on any atom is 0.490 e. The average molecular weight is 416 g/mol. The summed E-state index contributed by atoms with van der Waals surface area (Å²) < 4.78 is 31.7. The number of carboxylic acid groups (broad SMARTS) is 1. The molecule has 2 aromatic rings. The summed E-state index contributed by atoms with van der Waals surface area (Å²) in [5.74, 6) is -2.07. The molecule has 1 aliphatic heterocycles. The third-order valence-electron chi connectivity index (χ3n) is 3.96. The van der Waals surface area contributed by atoms with Gasteiger partial charge in [-0.25, -0.2) is 9.78 Å². The van der Waals surface area contributed by atoms with E-state index in [-0.39, 0.29) is 11.9 Å². The van der Waals surface area contributed by atoms with Gasteiger partial charge in [-0.05, 0) is 30.0 Å². The van der Waals surface area contributed by atoms with Crippen molar-refractivity contribution in [2.75, 3.05) is 11.9 Å². The minimum Gasteiger partial charge on any atom is -0.475 e. The van der Waals surface area contributed by atoms with E-state index in [4.69, 9.17) is 21.5 Å². The summed E-state index contributed by atoms with van der Waals surface area (Å²) in [5, 5.41) is 13.6. The van der Waals surface area contributed by atoms with Gasteiger partial charge in [0.15, 0.2) is 5.82 Å². The van der Waals surface area contributed by atoms with Crippen LogP contribution in [0.2, 0.25) is 5.02 Å². The summed E-state index contributed by atoms with van der Waals surface area (Å²) in [5.41, 5.74) is 1.26. The van der Waals surface area contributed by atoms with E-state index in [1.54, 1.807) is 18.3 Å². The molecule has 0 saturated carbocycles. The number of nitrogens with zero attached hydrogens (tertiary/aromatic N) is 1. The molecule has 3 N–H and O–H groups in total. The number of aromatic nitrogens is 1. The first-order chi connectivity index (χ1) is 13.2. The lowest BCUT2D eigenvalue weighted by Gasteiger charge is -2.12. The fourth-order valence-corrected chi connectivity index (χ4v) is 2.76. The Morgan fingerprint density at radius 1 is 1.18 bits per heavy atom. The van der Waals surface area contributed by atoms with E-state index < -0.39 is 12.1 Å². The first-order valence-electron chi connectivity index (χ1n) is 8.18. The number of carbonyl (C=O) groups is 2. The predicted octanol–water partition coefficient (Wildman–Crippen LogP) is 3.45. The topological polar surface area (TPSA) is 91.3 Å². The number of anilines is 1. The second kappa shape index (κ2) is 9.52. The number of amides is 1. The fourth-order valence-electron chi connectivity index (χ4n) is 2.60. The number of carboxylic acids is 1. The van der Waals surface area contributed by atoms with Gasteiger partial charge in [0.25, 0.3) is 0 Å². The molecule has 1 amide bonds. The third kappa shape index (κ3) is 6.21. The van der Waals surface area contributed by atoms with Gasteiger partial charge in [0.1, 0.15) is 0 Å². The molecule has 3 rings (SSSR count). The summed E-state index contributed by atoms with van der Waals surface area (Å²) in [6.45, 7) is 0.804. The molecule has 6 nitrogen and oxygen atoms in total. The van der Waals surface area contributed by atoms with E-state index in [9.17, 15) is 18.0 Å². The highest BCUT2D eigenvalue weighted by Gasteiger charge is 2.38. The van der Waals surface area contributed by atoms with Crippen molar-refractivity contribution in [2.24, 2.45) is 0 Å². The Kier molecular flexibility index (Phi) is 7.36. The molecular formula is C18H17ClF3N3O3. The highest BCUT2D eigenvalue weighted by Crippen LogP contribution is 2.26. The minimum atomic E-state index is -5.08. The van der Waals surface area contributed by atoms with Gasteiger partial charge in [-0.3, -0.25) is 4.79 Å². The molecule has 1 aromatic heterocycles. The van der Waals surface area contributed by atoms with Crippen LogP contribution < -0.4 is 10.6 Å². The Balaban J connectivity index is 0.000000345. The van der Waals surface area contributed by atoms with Crippen LogP contribution in [0.4, 0.5) is 19.0 Å². The first kappa shape index (κ1) is 21.6. The second-order valence-electron chi connectivity index (χ2n) is 5.93. The van der Waals surface area contributed by atoms with Crippen LogP contribution in [0.1, 0.15) is 17.9 Å². The van der Waals surface area contributed by atoms with E-state index in [1.165, 1.54) is 5.56 Å². The lowest BCUT2D eigenvalue weighted by Crippen LogP contribution is -2.35. The highest BCUT2D eigenvalue weighted by atomic mass is 35.5. The number of benzene rings is 1. The summed E-state index contributed by atoms with van der Waals surface area (Å²) in [6, 6.07) is 13.5. The van der Waals surface area contributed by atoms with Gasteiger partial charge < -0.3 is 15.7 Å². The molecule has 2 atom stereocenters. The largest absolute Gasteiger partial charge is 0.490 e. The number of rotatable bonds is 3. The van der Waals surface area contributed by atoms with Crippen molar-refractivity contribution in [3.63, 3.8) is 0 Å². The standard InChI is InChI=1S/C16H16ClN3O.C2HF3O2/c17-13-7-4-8-18-15(13)20-16(21)14-9-12(10-19-14)11-5-2-1-3-6-11;3-2(4,5)1(6)7/h1-8,12,14,19H,9-10H2,(H,18,20,21);(H,6,7)/t12-,14+;/m1./s1. The quantitative estimate of drug-likeness (QED) is 0.714. The van der Waals surface area contributed by atoms with Crippen molar-refractivity contribution in [3.05, 3.63) is 59.2 Å². The van der Waals surface area contributed by atoms with Crippen LogP contribution in [0.25, 0.3) is 0 Å². The number of halogens is 4. The molecule has 1 saturated heterocycles. The van der Waals surface area contributed by atoms with E-state index >= 15 is 0 Å². The van der Waals surface area contributed by atoms with Crippen LogP contribution in [0.15, 0.2) is 48.7 Å². The van der Waals surface area contributed by atoms with Gasteiger partial charge in [0.2, 0.25) is 5.91 Å². The minimum absolute atomic E-state index is 0.0889. The van der Waals surface area contributed by atoms with Gasteiger partial charge >= 0.3 is 12.1 Å². The van der Waals surface area contributed by atoms with Crippen LogP contribution in [-0.2, 0) is 9.59 Å². The molecule has 1 fully saturated rings. The van der Waals surface area contributed by atoms with Crippen molar-refractivity contribution >= 4 is 29.3 Å². The van der Waals surface area contributed by atoms with Crippen molar-refractivity contribution in [2.45, 2.75) is 24.6 Å². The van der Waals surface area contributed by atoms with Crippen LogP contribution in [-0.4, -0.2) is 40.7 Å². The van der Waals surface area contributed by atoms with Crippen molar-refractivity contribution in [1.29, 1.82) is 0 Å². The smallest absolute Gasteiger partial charge is 0.475 e. The SMILES string of the molecule is O=C(Nc1ncccc1Cl)[C@@H]1C[C@@H](c2ccccc2)CN1.O=C(O)C(F)(F)F. The second-order valence-corrected chi connectivity index (χ2v) is 6.34. The van der Waals surface area contributed by atoms with E-state index in [0.29, 0.717) is 16.8 Å². The molecule has 1 aromatic carbocycles. The van der Waals surface area contributed by atoms with Gasteiger partial charge in [-0.2, -0.15) is 13.2 Å². The number of hydrogen-bond acceptors (Lipinski definition) is 4. The fraction of sp³-hybridized carbons (Fsp3) is 0.278. The van der Waals surface area contributed by atoms with Gasteiger partial charge in [-0.1, -0.05) is 41.9 Å². The maximum atomic E-state index is 12.3. The zero-order valence-corrected chi connectivity index (χ0v) is 15.2. The van der Waals surface area contributed by atoms with Crippen molar-refractivity contribution in [1.82, 2.24) is 10.3 Å². The van der Waals surface area contributed by atoms with Crippen molar-refractivity contribution in [3.8, 4) is 0 Å². The Labute approximate surface area is 163 Å². The Morgan fingerprint density at radius 2 is 1.82 bits per heavy atom. The molecule has 0 radical (unpaired) electrons. The predicted molar refractivity (Wildman–Crippen MR) is 97.2 cm³/mol. The Bertz CT molecular complexity index is 818. The first-order valence-corrected chi connectivity index (χ1v) is 8.56. The number of nitrogens with one attached hydrogen (secondary N) is 2. The molecule has 150 valence electrons. The highest BCUT2D eigenvalue weighted by molar-refractivity contribution is 6.33. The molecule has 2 heterocycles. The number of pyridine rings is 1. The van der Waals surface area contributed by atoms with Crippen LogP contribution in [0.3, 0.4) is 0 Å². The number of alkyl halides is 3. The van der Waals surface area contributed by atoms with Gasteiger partial charge in [0, 0.05) is 12.7 Å². The Morgan fingerprint density at radius 3 is 2.39 bits per heavy atom. The van der Waals surface area contributed by atoms with Crippen LogP contribution >= 0.6 is 11.6 Å². The maximum absolute atomic E-state index is 12.3. The van der Waals surface area contributed by atoms with Crippen LogP contribution in [0, 0.1) is 0 Å². The normalized spacial score (nSPS) is 18.7. The molecule has 0 unspecified atom stereocenters. The summed E-state index contributed by atoms with van der Waals surface area (Å²) in [7, 11) is 0. The van der Waals surface area contributed by atoms with E-state index in [0.717, 1.165) is 13.0 Å². The third-order valence-corrected chi connectivity index (χ3v) is 4.27.